The molecule has 1 fully saturated rings. The second-order valence-corrected chi connectivity index (χ2v) is 5.34. The molecule has 1 aliphatic rings. The number of alkyl halides is 3. The highest BCUT2D eigenvalue weighted by atomic mass is 19.4. The summed E-state index contributed by atoms with van der Waals surface area (Å²) >= 11 is 0. The smallest absolute Gasteiger partial charge is 0.388 e. The molecular weight excluding hydrogens is 255 g/mol. The van der Waals surface area contributed by atoms with Crippen LogP contribution in [0, 0.1) is 18.8 Å². The van der Waals surface area contributed by atoms with Crippen LogP contribution in [0.2, 0.25) is 0 Å². The molecule has 0 radical (unpaired) electrons. The Hall–Kier alpha value is -1.10. The highest BCUT2D eigenvalue weighted by Crippen LogP contribution is 2.44. The summed E-state index contributed by atoms with van der Waals surface area (Å²) in [6, 6.07) is 1.77. The lowest BCUT2D eigenvalue weighted by molar-refractivity contribution is -0.189. The molecule has 5 heteroatoms. The van der Waals surface area contributed by atoms with Crippen LogP contribution in [0.3, 0.4) is 0 Å². The molecule has 1 saturated carbocycles. The largest absolute Gasteiger partial charge is 0.391 e. The first kappa shape index (κ1) is 14.3. The lowest BCUT2D eigenvalue weighted by Crippen LogP contribution is -2.31. The van der Waals surface area contributed by atoms with Gasteiger partial charge < -0.3 is 5.11 Å². The number of hydrogen-bond donors (Lipinski definition) is 1. The summed E-state index contributed by atoms with van der Waals surface area (Å²) in [6.45, 7) is 1.84. The van der Waals surface area contributed by atoms with Crippen LogP contribution in [0.5, 0.6) is 0 Å². The minimum Gasteiger partial charge on any atom is -0.388 e. The molecule has 0 saturated heterocycles. The summed E-state index contributed by atoms with van der Waals surface area (Å²) < 4.78 is 38.3. The van der Waals surface area contributed by atoms with Gasteiger partial charge in [0.05, 0.1) is 12.0 Å². The van der Waals surface area contributed by atoms with E-state index >= 15 is 0 Å². The van der Waals surface area contributed by atoms with E-state index in [2.05, 4.69) is 4.98 Å². The second kappa shape index (κ2) is 5.49. The van der Waals surface area contributed by atoms with Crippen molar-refractivity contribution in [1.29, 1.82) is 0 Å². The van der Waals surface area contributed by atoms with Gasteiger partial charge >= 0.3 is 6.18 Å². The molecular formula is C14H18F3NO. The maximum absolute atomic E-state index is 12.8. The van der Waals surface area contributed by atoms with Gasteiger partial charge in [-0.05, 0) is 43.7 Å². The Morgan fingerprint density at radius 1 is 1.37 bits per heavy atom. The molecule has 3 atom stereocenters. The maximum atomic E-state index is 12.8. The van der Waals surface area contributed by atoms with E-state index in [4.69, 9.17) is 0 Å². The van der Waals surface area contributed by atoms with E-state index in [1.165, 1.54) is 0 Å². The molecule has 1 N–H and O–H groups in total. The Labute approximate surface area is 110 Å². The minimum absolute atomic E-state index is 0.0129. The van der Waals surface area contributed by atoms with Gasteiger partial charge in [-0.15, -0.1) is 0 Å². The van der Waals surface area contributed by atoms with Gasteiger partial charge in [-0.3, -0.25) is 4.98 Å². The topological polar surface area (TPSA) is 33.1 Å². The van der Waals surface area contributed by atoms with Crippen LogP contribution in [0.25, 0.3) is 0 Å². The summed E-state index contributed by atoms with van der Waals surface area (Å²) in [6.07, 6.45) is -0.478. The number of aromatic nitrogens is 1. The van der Waals surface area contributed by atoms with Gasteiger partial charge in [0.25, 0.3) is 0 Å². The third kappa shape index (κ3) is 3.26. The number of rotatable bonds is 2. The van der Waals surface area contributed by atoms with Crippen molar-refractivity contribution in [2.45, 2.75) is 44.9 Å². The molecule has 106 valence electrons. The lowest BCUT2D eigenvalue weighted by Gasteiger charge is -2.33. The Morgan fingerprint density at radius 2 is 2.11 bits per heavy atom. The molecule has 0 spiro atoms. The second-order valence-electron chi connectivity index (χ2n) is 5.34. The number of nitrogens with zero attached hydrogens (tertiary/aromatic N) is 1. The third-order valence-corrected chi connectivity index (χ3v) is 4.02. The van der Waals surface area contributed by atoms with Crippen molar-refractivity contribution in [2.75, 3.05) is 0 Å². The van der Waals surface area contributed by atoms with E-state index in [1.54, 1.807) is 18.5 Å². The zero-order chi connectivity index (χ0) is 14.0. The SMILES string of the molecule is Cc1ccncc1C(O)C1CCCC(C(F)(F)F)C1. The van der Waals surface area contributed by atoms with Crippen LogP contribution >= 0.6 is 0 Å². The average Bonchev–Trinajstić information content (AvgIpc) is 2.38. The zero-order valence-electron chi connectivity index (χ0n) is 10.8. The normalized spacial score (nSPS) is 26.2. The summed E-state index contributed by atoms with van der Waals surface area (Å²) in [4.78, 5) is 3.95. The first-order chi connectivity index (χ1) is 8.89. The monoisotopic (exact) mass is 273 g/mol. The minimum atomic E-state index is -4.15. The number of aryl methyl sites for hydroxylation is 1. The van der Waals surface area contributed by atoms with E-state index in [0.717, 1.165) is 5.56 Å². The fourth-order valence-electron chi connectivity index (χ4n) is 2.85. The van der Waals surface area contributed by atoms with Gasteiger partial charge in [0.15, 0.2) is 0 Å². The molecule has 1 aromatic rings. The predicted octanol–water partition coefficient (Wildman–Crippen LogP) is 3.79. The Balaban J connectivity index is 2.12. The highest BCUT2D eigenvalue weighted by Gasteiger charge is 2.43. The Bertz CT molecular complexity index is 433. The fourth-order valence-corrected chi connectivity index (χ4v) is 2.85. The van der Waals surface area contributed by atoms with Gasteiger partial charge in [-0.2, -0.15) is 13.2 Å². The number of pyridine rings is 1. The fraction of sp³-hybridized carbons (Fsp3) is 0.643. The zero-order valence-corrected chi connectivity index (χ0v) is 10.8. The van der Waals surface area contributed by atoms with Crippen molar-refractivity contribution < 1.29 is 18.3 Å². The molecule has 1 heterocycles. The quantitative estimate of drug-likeness (QED) is 0.889. The van der Waals surface area contributed by atoms with Crippen molar-refractivity contribution in [3.63, 3.8) is 0 Å². The van der Waals surface area contributed by atoms with Crippen molar-refractivity contribution in [2.24, 2.45) is 11.8 Å². The van der Waals surface area contributed by atoms with Gasteiger partial charge in [0.2, 0.25) is 0 Å². The van der Waals surface area contributed by atoms with Crippen LogP contribution in [-0.4, -0.2) is 16.3 Å². The summed E-state index contributed by atoms with van der Waals surface area (Å²) in [5, 5.41) is 10.3. The van der Waals surface area contributed by atoms with Crippen molar-refractivity contribution in [3.05, 3.63) is 29.6 Å². The predicted molar refractivity (Wildman–Crippen MR) is 65.4 cm³/mol. The molecule has 1 aromatic heterocycles. The third-order valence-electron chi connectivity index (χ3n) is 4.02. The molecule has 0 aromatic carbocycles. The van der Waals surface area contributed by atoms with Crippen LogP contribution < -0.4 is 0 Å². The van der Waals surface area contributed by atoms with Crippen LogP contribution in [0.4, 0.5) is 13.2 Å². The molecule has 3 unspecified atom stereocenters. The summed E-state index contributed by atoms with van der Waals surface area (Å²) in [7, 11) is 0. The number of aliphatic hydroxyl groups excluding tert-OH is 1. The van der Waals surface area contributed by atoms with E-state index < -0.39 is 18.2 Å². The van der Waals surface area contributed by atoms with E-state index in [0.29, 0.717) is 18.4 Å². The van der Waals surface area contributed by atoms with Crippen molar-refractivity contribution in [1.82, 2.24) is 4.98 Å². The molecule has 0 amide bonds. The highest BCUT2D eigenvalue weighted by molar-refractivity contribution is 5.24. The van der Waals surface area contributed by atoms with Crippen LogP contribution in [-0.2, 0) is 0 Å². The molecule has 1 aliphatic carbocycles. The van der Waals surface area contributed by atoms with Gasteiger partial charge in [0.1, 0.15) is 0 Å². The van der Waals surface area contributed by atoms with E-state index in [1.807, 2.05) is 6.92 Å². The molecule has 0 aliphatic heterocycles. The molecule has 0 bridgehead atoms. The number of aliphatic hydroxyl groups is 1. The Morgan fingerprint density at radius 3 is 2.74 bits per heavy atom. The molecule has 2 rings (SSSR count). The molecule has 19 heavy (non-hydrogen) atoms. The number of halogens is 3. The summed E-state index contributed by atoms with van der Waals surface area (Å²) in [5.41, 5.74) is 1.52. The number of hydrogen-bond acceptors (Lipinski definition) is 2. The van der Waals surface area contributed by atoms with Gasteiger partial charge in [-0.1, -0.05) is 6.42 Å². The maximum Gasteiger partial charge on any atom is 0.391 e. The van der Waals surface area contributed by atoms with E-state index in [-0.39, 0.29) is 18.8 Å². The van der Waals surface area contributed by atoms with Crippen molar-refractivity contribution in [3.8, 4) is 0 Å². The lowest BCUT2D eigenvalue weighted by atomic mass is 9.76. The standard InChI is InChI=1S/C14H18F3NO/c1-9-5-6-18-8-12(9)13(19)10-3-2-4-11(7-10)14(15,16)17/h5-6,8,10-11,13,19H,2-4,7H2,1H3. The molecule has 2 nitrogen and oxygen atoms in total. The Kier molecular flexibility index (Phi) is 4.13. The first-order valence-electron chi connectivity index (χ1n) is 6.55. The van der Waals surface area contributed by atoms with Crippen LogP contribution in [0.15, 0.2) is 18.5 Å². The van der Waals surface area contributed by atoms with Crippen molar-refractivity contribution >= 4 is 0 Å². The van der Waals surface area contributed by atoms with Gasteiger partial charge in [-0.25, -0.2) is 0 Å². The summed E-state index contributed by atoms with van der Waals surface area (Å²) in [5.74, 6) is -1.61. The first-order valence-corrected chi connectivity index (χ1v) is 6.55. The van der Waals surface area contributed by atoms with E-state index in [9.17, 15) is 18.3 Å². The average molecular weight is 273 g/mol. The van der Waals surface area contributed by atoms with Gasteiger partial charge in [0, 0.05) is 18.0 Å². The van der Waals surface area contributed by atoms with Crippen LogP contribution in [0.1, 0.15) is 42.9 Å².